The fourth-order valence-electron chi connectivity index (χ4n) is 2.58. The maximum atomic E-state index is 12.7. The van der Waals surface area contributed by atoms with Gasteiger partial charge in [-0.15, -0.1) is 0 Å². The van der Waals surface area contributed by atoms with Gasteiger partial charge in [-0.05, 0) is 21.9 Å². The summed E-state index contributed by atoms with van der Waals surface area (Å²) >= 11 is 0. The van der Waals surface area contributed by atoms with Crippen LogP contribution in [0.4, 0.5) is 0 Å². The summed E-state index contributed by atoms with van der Waals surface area (Å²) in [6.45, 7) is 0. The van der Waals surface area contributed by atoms with Gasteiger partial charge in [-0.3, -0.25) is 4.79 Å². The van der Waals surface area contributed by atoms with E-state index in [1.807, 2.05) is 60.7 Å². The van der Waals surface area contributed by atoms with E-state index in [1.165, 1.54) is 0 Å². The Kier molecular flexibility index (Phi) is 3.44. The third-order valence-electron chi connectivity index (χ3n) is 3.63. The van der Waals surface area contributed by atoms with Gasteiger partial charge in [-0.2, -0.15) is 0 Å². The largest absolute Gasteiger partial charge is 0.345 e. The molecule has 2 nitrogen and oxygen atoms in total. The van der Waals surface area contributed by atoms with Crippen molar-refractivity contribution in [3.8, 4) is 11.1 Å². The number of hydrogen-bond donors (Lipinski definition) is 0. The zero-order chi connectivity index (χ0) is 14.8. The Bertz CT molecular complexity index is 791. The van der Waals surface area contributed by atoms with Crippen molar-refractivity contribution in [3.05, 3.63) is 72.3 Å². The summed E-state index contributed by atoms with van der Waals surface area (Å²) in [6, 6.07) is 22.2. The van der Waals surface area contributed by atoms with Gasteiger partial charge >= 0.3 is 0 Å². The lowest BCUT2D eigenvalue weighted by Gasteiger charge is -2.17. The number of amides is 1. The van der Waals surface area contributed by atoms with Crippen LogP contribution in [-0.4, -0.2) is 24.9 Å². The van der Waals surface area contributed by atoms with Crippen molar-refractivity contribution in [1.29, 1.82) is 0 Å². The van der Waals surface area contributed by atoms with Crippen molar-refractivity contribution >= 4 is 16.7 Å². The number of fused-ring (bicyclic) bond motifs is 1. The van der Waals surface area contributed by atoms with E-state index < -0.39 is 0 Å². The quantitative estimate of drug-likeness (QED) is 0.686. The Morgan fingerprint density at radius 2 is 1.48 bits per heavy atom. The van der Waals surface area contributed by atoms with Crippen molar-refractivity contribution in [2.45, 2.75) is 0 Å². The minimum absolute atomic E-state index is 0.0330. The third-order valence-corrected chi connectivity index (χ3v) is 3.63. The first-order chi connectivity index (χ1) is 10.2. The van der Waals surface area contributed by atoms with Crippen LogP contribution in [0.1, 0.15) is 10.4 Å². The number of carbonyl (C=O) groups excluding carboxylic acids is 1. The Labute approximate surface area is 124 Å². The lowest BCUT2D eigenvalue weighted by Crippen LogP contribution is -2.22. The zero-order valence-electron chi connectivity index (χ0n) is 12.2. The first-order valence-electron chi connectivity index (χ1n) is 6.97. The van der Waals surface area contributed by atoms with Crippen molar-refractivity contribution in [3.63, 3.8) is 0 Å². The third kappa shape index (κ3) is 2.40. The van der Waals surface area contributed by atoms with E-state index in [4.69, 9.17) is 0 Å². The minimum Gasteiger partial charge on any atom is -0.345 e. The van der Waals surface area contributed by atoms with Gasteiger partial charge in [0.2, 0.25) is 0 Å². The normalized spacial score (nSPS) is 10.6. The molecule has 1 amide bonds. The first kappa shape index (κ1) is 13.4. The summed E-state index contributed by atoms with van der Waals surface area (Å²) in [5, 5.41) is 2.08. The number of rotatable bonds is 2. The number of nitrogens with zero attached hydrogens (tertiary/aromatic N) is 1. The van der Waals surface area contributed by atoms with Crippen LogP contribution in [0.25, 0.3) is 21.9 Å². The smallest absolute Gasteiger partial charge is 0.254 e. The standard InChI is InChI=1S/C19H17NO/c1-20(2)19(21)18-16-11-7-6-10-15(16)12-13-17(18)14-8-4-3-5-9-14/h3-13H,1-2H3. The molecule has 3 rings (SSSR count). The van der Waals surface area contributed by atoms with Gasteiger partial charge in [-0.1, -0.05) is 66.7 Å². The number of carbonyl (C=O) groups is 1. The van der Waals surface area contributed by atoms with Crippen LogP contribution in [0.5, 0.6) is 0 Å². The van der Waals surface area contributed by atoms with Gasteiger partial charge in [0.1, 0.15) is 0 Å². The summed E-state index contributed by atoms with van der Waals surface area (Å²) in [5.41, 5.74) is 2.81. The van der Waals surface area contributed by atoms with Crippen LogP contribution >= 0.6 is 0 Å². The average molecular weight is 275 g/mol. The zero-order valence-corrected chi connectivity index (χ0v) is 12.2. The number of benzene rings is 3. The summed E-state index contributed by atoms with van der Waals surface area (Å²) in [7, 11) is 3.58. The van der Waals surface area contributed by atoms with Crippen LogP contribution in [0, 0.1) is 0 Å². The molecule has 0 heterocycles. The monoisotopic (exact) mass is 275 g/mol. The predicted molar refractivity (Wildman–Crippen MR) is 87.4 cm³/mol. The lowest BCUT2D eigenvalue weighted by molar-refractivity contribution is 0.0830. The van der Waals surface area contributed by atoms with Crippen LogP contribution in [-0.2, 0) is 0 Å². The molecule has 0 unspecified atom stereocenters. The van der Waals surface area contributed by atoms with Crippen LogP contribution in [0.2, 0.25) is 0 Å². The molecule has 0 spiro atoms. The molecule has 0 radical (unpaired) electrons. The second-order valence-corrected chi connectivity index (χ2v) is 5.27. The van der Waals surface area contributed by atoms with E-state index in [0.29, 0.717) is 0 Å². The second kappa shape index (κ2) is 5.41. The summed E-state index contributed by atoms with van der Waals surface area (Å²) in [6.07, 6.45) is 0. The molecule has 3 aromatic carbocycles. The van der Waals surface area contributed by atoms with Crippen LogP contribution in [0.3, 0.4) is 0 Å². The van der Waals surface area contributed by atoms with Gasteiger partial charge in [0, 0.05) is 14.1 Å². The lowest BCUT2D eigenvalue weighted by atomic mass is 9.93. The number of hydrogen-bond acceptors (Lipinski definition) is 1. The fraction of sp³-hybridized carbons (Fsp3) is 0.105. The Morgan fingerprint density at radius 3 is 2.19 bits per heavy atom. The van der Waals surface area contributed by atoms with Gasteiger partial charge in [0.05, 0.1) is 5.56 Å². The van der Waals surface area contributed by atoms with Crippen LogP contribution < -0.4 is 0 Å². The molecule has 2 heteroatoms. The van der Waals surface area contributed by atoms with Gasteiger partial charge in [0.25, 0.3) is 5.91 Å². The molecule has 0 N–H and O–H groups in total. The highest BCUT2D eigenvalue weighted by molar-refractivity contribution is 6.12. The second-order valence-electron chi connectivity index (χ2n) is 5.27. The van der Waals surface area contributed by atoms with E-state index in [0.717, 1.165) is 27.5 Å². The molecule has 0 aliphatic heterocycles. The molecule has 0 fully saturated rings. The SMILES string of the molecule is CN(C)C(=O)c1c(-c2ccccc2)ccc2ccccc12. The van der Waals surface area contributed by atoms with E-state index in [1.54, 1.807) is 19.0 Å². The van der Waals surface area contributed by atoms with Crippen molar-refractivity contribution in [2.24, 2.45) is 0 Å². The maximum absolute atomic E-state index is 12.7. The molecule has 104 valence electrons. The molecular weight excluding hydrogens is 258 g/mol. The molecule has 21 heavy (non-hydrogen) atoms. The van der Waals surface area contributed by atoms with Crippen molar-refractivity contribution in [1.82, 2.24) is 4.90 Å². The Hall–Kier alpha value is -2.61. The van der Waals surface area contributed by atoms with Gasteiger partial charge in [-0.25, -0.2) is 0 Å². The first-order valence-corrected chi connectivity index (χ1v) is 6.97. The highest BCUT2D eigenvalue weighted by atomic mass is 16.2. The molecule has 3 aromatic rings. The van der Waals surface area contributed by atoms with E-state index in [-0.39, 0.29) is 5.91 Å². The molecule has 0 atom stereocenters. The maximum Gasteiger partial charge on any atom is 0.254 e. The minimum atomic E-state index is 0.0330. The van der Waals surface area contributed by atoms with Crippen molar-refractivity contribution in [2.75, 3.05) is 14.1 Å². The Morgan fingerprint density at radius 1 is 0.810 bits per heavy atom. The van der Waals surface area contributed by atoms with Crippen LogP contribution in [0.15, 0.2) is 66.7 Å². The molecule has 0 aromatic heterocycles. The summed E-state index contributed by atoms with van der Waals surface area (Å²) < 4.78 is 0. The highest BCUT2D eigenvalue weighted by Crippen LogP contribution is 2.31. The molecular formula is C19H17NO. The van der Waals surface area contributed by atoms with E-state index in [9.17, 15) is 4.79 Å². The summed E-state index contributed by atoms with van der Waals surface area (Å²) in [5.74, 6) is 0.0330. The summed E-state index contributed by atoms with van der Waals surface area (Å²) in [4.78, 5) is 14.3. The predicted octanol–water partition coefficient (Wildman–Crippen LogP) is 4.21. The molecule has 0 aliphatic carbocycles. The molecule has 0 bridgehead atoms. The highest BCUT2D eigenvalue weighted by Gasteiger charge is 2.17. The Balaban J connectivity index is 2.35. The van der Waals surface area contributed by atoms with Crippen molar-refractivity contribution < 1.29 is 4.79 Å². The fourth-order valence-corrected chi connectivity index (χ4v) is 2.58. The molecule has 0 saturated heterocycles. The molecule has 0 aliphatic rings. The molecule has 0 saturated carbocycles. The average Bonchev–Trinajstić information content (AvgIpc) is 2.53. The van der Waals surface area contributed by atoms with Gasteiger partial charge in [0.15, 0.2) is 0 Å². The van der Waals surface area contributed by atoms with Gasteiger partial charge < -0.3 is 4.90 Å². The topological polar surface area (TPSA) is 20.3 Å². The van der Waals surface area contributed by atoms with E-state index in [2.05, 4.69) is 6.07 Å². The van der Waals surface area contributed by atoms with E-state index >= 15 is 0 Å².